The van der Waals surface area contributed by atoms with Gasteiger partial charge in [-0.2, -0.15) is 12.6 Å². The summed E-state index contributed by atoms with van der Waals surface area (Å²) in [6.07, 6.45) is 3.68. The number of thiol groups is 1. The molecule has 1 aliphatic rings. The molecule has 0 aliphatic carbocycles. The van der Waals surface area contributed by atoms with E-state index in [4.69, 9.17) is 0 Å². The quantitative estimate of drug-likeness (QED) is 0.825. The second-order valence-corrected chi connectivity index (χ2v) is 5.53. The van der Waals surface area contributed by atoms with Gasteiger partial charge in [-0.1, -0.05) is 0 Å². The Morgan fingerprint density at radius 2 is 1.83 bits per heavy atom. The number of nitrogens with zero attached hydrogens (tertiary/aromatic N) is 5. The predicted octanol–water partition coefficient (Wildman–Crippen LogP) is 0.940. The maximum Gasteiger partial charge on any atom is 0.147 e. The van der Waals surface area contributed by atoms with Gasteiger partial charge in [-0.25, -0.2) is 9.97 Å². The van der Waals surface area contributed by atoms with E-state index in [1.165, 1.54) is 0 Å². The van der Waals surface area contributed by atoms with E-state index in [1.54, 1.807) is 0 Å². The molecule has 6 heteroatoms. The number of hydrogen-bond donors (Lipinski definition) is 1. The van der Waals surface area contributed by atoms with E-state index in [0.29, 0.717) is 5.37 Å². The van der Waals surface area contributed by atoms with Crippen LogP contribution in [0.5, 0.6) is 0 Å². The number of hydrogen-bond acceptors (Lipinski definition) is 6. The average Bonchev–Trinajstić information content (AvgIpc) is 2.39. The topological polar surface area (TPSA) is 35.5 Å². The van der Waals surface area contributed by atoms with Crippen molar-refractivity contribution < 1.29 is 0 Å². The van der Waals surface area contributed by atoms with Crippen LogP contribution in [0.1, 0.15) is 6.92 Å². The number of anilines is 2. The van der Waals surface area contributed by atoms with E-state index in [2.05, 4.69) is 39.3 Å². The minimum atomic E-state index is 0.328. The van der Waals surface area contributed by atoms with Gasteiger partial charge in [0.1, 0.15) is 11.6 Å². The first-order valence-corrected chi connectivity index (χ1v) is 6.76. The normalized spacial score (nSPS) is 18.8. The van der Waals surface area contributed by atoms with E-state index in [-0.39, 0.29) is 0 Å². The Balaban J connectivity index is 1.97. The summed E-state index contributed by atoms with van der Waals surface area (Å²) in [7, 11) is 3.94. The van der Waals surface area contributed by atoms with E-state index in [0.717, 1.165) is 37.8 Å². The maximum absolute atomic E-state index is 4.48. The molecule has 0 radical (unpaired) electrons. The van der Waals surface area contributed by atoms with E-state index in [1.807, 2.05) is 31.4 Å². The lowest BCUT2D eigenvalue weighted by Crippen LogP contribution is -2.48. The van der Waals surface area contributed by atoms with Crippen molar-refractivity contribution in [3.05, 3.63) is 12.4 Å². The summed E-state index contributed by atoms with van der Waals surface area (Å²) in [5.41, 5.74) is 0. The van der Waals surface area contributed by atoms with E-state index in [9.17, 15) is 0 Å². The molecule has 2 rings (SSSR count). The monoisotopic (exact) mass is 267 g/mol. The Kier molecular flexibility index (Phi) is 4.29. The Labute approximate surface area is 114 Å². The highest BCUT2D eigenvalue weighted by Gasteiger charge is 2.20. The molecular formula is C12H21N5S. The zero-order valence-electron chi connectivity index (χ0n) is 11.2. The molecule has 1 fully saturated rings. The van der Waals surface area contributed by atoms with Gasteiger partial charge in [0.05, 0.1) is 17.8 Å². The second-order valence-electron chi connectivity index (χ2n) is 4.78. The summed E-state index contributed by atoms with van der Waals surface area (Å²) in [6.45, 7) is 6.15. The van der Waals surface area contributed by atoms with Gasteiger partial charge in [0.25, 0.3) is 0 Å². The molecule has 1 atom stereocenters. The van der Waals surface area contributed by atoms with Crippen LogP contribution in [0.2, 0.25) is 0 Å². The summed E-state index contributed by atoms with van der Waals surface area (Å²) >= 11 is 4.47. The summed E-state index contributed by atoms with van der Waals surface area (Å²) in [5, 5.41) is 0.328. The maximum atomic E-state index is 4.48. The zero-order valence-corrected chi connectivity index (χ0v) is 12.1. The van der Waals surface area contributed by atoms with Gasteiger partial charge < -0.3 is 9.80 Å². The third-order valence-corrected chi connectivity index (χ3v) is 3.58. The molecule has 1 aliphatic heterocycles. The minimum Gasteiger partial charge on any atom is -0.361 e. The standard InChI is InChI=1S/C12H21N5S/c1-10(18)16-4-6-17(7-5-16)12-9-13-11(8-14-12)15(2)3/h8-10,18H,4-7H2,1-3H3. The fourth-order valence-electron chi connectivity index (χ4n) is 2.03. The van der Waals surface area contributed by atoms with Gasteiger partial charge in [-0.05, 0) is 6.92 Å². The molecule has 1 aromatic rings. The predicted molar refractivity (Wildman–Crippen MR) is 78.6 cm³/mol. The Hall–Kier alpha value is -1.01. The largest absolute Gasteiger partial charge is 0.361 e. The van der Waals surface area contributed by atoms with Gasteiger partial charge in [0, 0.05) is 40.3 Å². The molecule has 0 amide bonds. The van der Waals surface area contributed by atoms with Crippen LogP contribution in [0.25, 0.3) is 0 Å². The highest BCUT2D eigenvalue weighted by atomic mass is 32.1. The Bertz CT molecular complexity index is 371. The SMILES string of the molecule is CC(S)N1CCN(c2cnc(N(C)C)cn2)CC1. The van der Waals surface area contributed by atoms with Gasteiger partial charge in [0.2, 0.25) is 0 Å². The second kappa shape index (κ2) is 5.75. The molecule has 1 unspecified atom stereocenters. The Morgan fingerprint density at radius 3 is 2.28 bits per heavy atom. The Morgan fingerprint density at radius 1 is 1.17 bits per heavy atom. The van der Waals surface area contributed by atoms with Crippen LogP contribution in [0, 0.1) is 0 Å². The van der Waals surface area contributed by atoms with E-state index < -0.39 is 0 Å². The van der Waals surface area contributed by atoms with Crippen molar-refractivity contribution in [3.63, 3.8) is 0 Å². The number of rotatable bonds is 3. The molecular weight excluding hydrogens is 246 g/mol. The number of piperazine rings is 1. The van der Waals surface area contributed by atoms with Crippen molar-refractivity contribution in [2.24, 2.45) is 0 Å². The minimum absolute atomic E-state index is 0.328. The first kappa shape index (κ1) is 13.4. The molecule has 0 aromatic carbocycles. The lowest BCUT2D eigenvalue weighted by atomic mass is 10.3. The van der Waals surface area contributed by atoms with E-state index >= 15 is 0 Å². The summed E-state index contributed by atoms with van der Waals surface area (Å²) in [5.74, 6) is 1.86. The van der Waals surface area contributed by atoms with Crippen LogP contribution in [0.15, 0.2) is 12.4 Å². The molecule has 0 bridgehead atoms. The fourth-order valence-corrected chi connectivity index (χ4v) is 2.26. The van der Waals surface area contributed by atoms with Crippen molar-refractivity contribution in [3.8, 4) is 0 Å². The molecule has 2 heterocycles. The highest BCUT2D eigenvalue weighted by molar-refractivity contribution is 7.80. The van der Waals surface area contributed by atoms with Gasteiger partial charge in [-0.15, -0.1) is 0 Å². The van der Waals surface area contributed by atoms with Crippen molar-refractivity contribution in [1.82, 2.24) is 14.9 Å². The molecule has 0 spiro atoms. The third-order valence-electron chi connectivity index (χ3n) is 3.25. The van der Waals surface area contributed by atoms with Crippen molar-refractivity contribution in [2.75, 3.05) is 50.1 Å². The summed E-state index contributed by atoms with van der Waals surface area (Å²) in [6, 6.07) is 0. The van der Waals surface area contributed by atoms with Crippen LogP contribution in [-0.2, 0) is 0 Å². The van der Waals surface area contributed by atoms with Crippen molar-refractivity contribution in [2.45, 2.75) is 12.3 Å². The molecule has 0 saturated carbocycles. The molecule has 1 aromatic heterocycles. The van der Waals surface area contributed by atoms with Crippen molar-refractivity contribution >= 4 is 24.3 Å². The highest BCUT2D eigenvalue weighted by Crippen LogP contribution is 2.16. The summed E-state index contributed by atoms with van der Waals surface area (Å²) in [4.78, 5) is 15.5. The molecule has 18 heavy (non-hydrogen) atoms. The van der Waals surface area contributed by atoms with Crippen molar-refractivity contribution in [1.29, 1.82) is 0 Å². The number of aromatic nitrogens is 2. The smallest absolute Gasteiger partial charge is 0.147 e. The first-order chi connectivity index (χ1) is 8.58. The van der Waals surface area contributed by atoms with Gasteiger partial charge in [-0.3, -0.25) is 4.90 Å². The van der Waals surface area contributed by atoms with Gasteiger partial charge >= 0.3 is 0 Å². The van der Waals surface area contributed by atoms with Crippen LogP contribution >= 0.6 is 12.6 Å². The lowest BCUT2D eigenvalue weighted by Gasteiger charge is -2.36. The summed E-state index contributed by atoms with van der Waals surface area (Å²) < 4.78 is 0. The van der Waals surface area contributed by atoms with Crippen LogP contribution in [-0.4, -0.2) is 60.5 Å². The van der Waals surface area contributed by atoms with Crippen LogP contribution in [0.3, 0.4) is 0 Å². The molecule has 1 saturated heterocycles. The third kappa shape index (κ3) is 3.05. The van der Waals surface area contributed by atoms with Crippen LogP contribution in [0.4, 0.5) is 11.6 Å². The van der Waals surface area contributed by atoms with Gasteiger partial charge in [0.15, 0.2) is 0 Å². The fraction of sp³-hybridized carbons (Fsp3) is 0.667. The lowest BCUT2D eigenvalue weighted by molar-refractivity contribution is 0.252. The van der Waals surface area contributed by atoms with Crippen LogP contribution < -0.4 is 9.80 Å². The molecule has 100 valence electrons. The zero-order chi connectivity index (χ0) is 13.1. The molecule has 0 N–H and O–H groups in total. The first-order valence-electron chi connectivity index (χ1n) is 6.24. The average molecular weight is 267 g/mol. The molecule has 5 nitrogen and oxygen atoms in total.